The van der Waals surface area contributed by atoms with E-state index in [0.717, 1.165) is 18.3 Å². The van der Waals surface area contributed by atoms with Crippen molar-refractivity contribution in [2.45, 2.75) is 43.8 Å². The second kappa shape index (κ2) is 7.65. The molecule has 0 spiro atoms. The molecule has 0 aliphatic heterocycles. The van der Waals surface area contributed by atoms with Gasteiger partial charge in [-0.1, -0.05) is 24.3 Å². The first-order valence-electron chi connectivity index (χ1n) is 9.42. The Hall–Kier alpha value is -1.06. The number of halogens is 6. The molecule has 160 valence electrons. The summed E-state index contributed by atoms with van der Waals surface area (Å²) >= 11 is 0. The van der Waals surface area contributed by atoms with Gasteiger partial charge >= 0.3 is 18.1 Å². The van der Waals surface area contributed by atoms with Crippen LogP contribution in [0.15, 0.2) is 24.3 Å². The molecule has 0 aromatic rings. The first-order valence-corrected chi connectivity index (χ1v) is 9.42. The Labute approximate surface area is 159 Å². The normalized spacial score (nSPS) is 36.1. The molecule has 0 radical (unpaired) electrons. The van der Waals surface area contributed by atoms with E-state index in [2.05, 4.69) is 16.9 Å². The lowest BCUT2D eigenvalue weighted by atomic mass is 9.94. The van der Waals surface area contributed by atoms with Crippen LogP contribution in [0.3, 0.4) is 0 Å². The maximum Gasteiger partial charge on any atom is 0.453 e. The van der Waals surface area contributed by atoms with E-state index in [1.54, 1.807) is 6.08 Å². The number of hydrogen-bond acceptors (Lipinski definition) is 3. The van der Waals surface area contributed by atoms with Crippen molar-refractivity contribution in [3.63, 3.8) is 0 Å². The summed E-state index contributed by atoms with van der Waals surface area (Å²) in [7, 11) is 0. The Kier molecular flexibility index (Phi) is 5.91. The zero-order valence-corrected chi connectivity index (χ0v) is 15.1. The summed E-state index contributed by atoms with van der Waals surface area (Å²) in [5.41, 5.74) is 0. The van der Waals surface area contributed by atoms with Gasteiger partial charge in [0, 0.05) is 6.61 Å². The van der Waals surface area contributed by atoms with Gasteiger partial charge in [0.05, 0.1) is 6.61 Å². The van der Waals surface area contributed by atoms with E-state index in [9.17, 15) is 26.3 Å². The van der Waals surface area contributed by atoms with Gasteiger partial charge in [0.25, 0.3) is 0 Å². The number of hydrogen-bond donors (Lipinski definition) is 2. The maximum absolute atomic E-state index is 12.4. The van der Waals surface area contributed by atoms with E-state index in [1.165, 1.54) is 12.8 Å². The zero-order chi connectivity index (χ0) is 20.7. The molecule has 4 aliphatic rings. The van der Waals surface area contributed by atoms with Gasteiger partial charge in [0.2, 0.25) is 0 Å². The standard InChI is InChI=1S/C11H12F6O2.C8H12O/c12-10(13,14)9(18,11(15,16)17)19-5-8-4-6-1-2-7(8)3-6;9-5-8-4-6-1-2-7(8)3-6/h1-2,6-8,18H,3-5H2;1-2,6-9H,3-5H2. The summed E-state index contributed by atoms with van der Waals surface area (Å²) in [4.78, 5) is 0. The number of rotatable bonds is 4. The van der Waals surface area contributed by atoms with Crippen LogP contribution < -0.4 is 0 Å². The number of aliphatic hydroxyl groups excluding tert-OH is 1. The van der Waals surface area contributed by atoms with Crippen molar-refractivity contribution in [3.05, 3.63) is 24.3 Å². The van der Waals surface area contributed by atoms with E-state index in [1.807, 2.05) is 6.08 Å². The quantitative estimate of drug-likeness (QED) is 0.412. The second-order valence-electron chi connectivity index (χ2n) is 8.21. The molecule has 0 amide bonds. The van der Waals surface area contributed by atoms with Gasteiger partial charge in [0.15, 0.2) is 0 Å². The van der Waals surface area contributed by atoms with Gasteiger partial charge in [-0.3, -0.25) is 0 Å². The Morgan fingerprint density at radius 1 is 0.750 bits per heavy atom. The van der Waals surface area contributed by atoms with Crippen molar-refractivity contribution in [1.82, 2.24) is 0 Å². The molecule has 6 atom stereocenters. The molecule has 3 nitrogen and oxygen atoms in total. The highest BCUT2D eigenvalue weighted by atomic mass is 19.4. The molecule has 4 bridgehead atoms. The van der Waals surface area contributed by atoms with Gasteiger partial charge in [-0.2, -0.15) is 26.3 Å². The summed E-state index contributed by atoms with van der Waals surface area (Å²) in [6, 6.07) is 0. The Balaban J connectivity index is 0.000000206. The third kappa shape index (κ3) is 4.11. The molecule has 2 N–H and O–H groups in total. The predicted octanol–water partition coefficient (Wildman–Crippen LogP) is 4.22. The summed E-state index contributed by atoms with van der Waals surface area (Å²) < 4.78 is 78.0. The number of fused-ring (bicyclic) bond motifs is 4. The molecule has 0 saturated heterocycles. The summed E-state index contributed by atoms with van der Waals surface area (Å²) in [5, 5.41) is 17.7. The van der Waals surface area contributed by atoms with Crippen molar-refractivity contribution in [2.75, 3.05) is 13.2 Å². The molecule has 0 aromatic carbocycles. The van der Waals surface area contributed by atoms with Crippen molar-refractivity contribution in [3.8, 4) is 0 Å². The largest absolute Gasteiger partial charge is 0.453 e. The van der Waals surface area contributed by atoms with Gasteiger partial charge in [-0.15, -0.1) is 0 Å². The fraction of sp³-hybridized carbons (Fsp3) is 0.789. The lowest BCUT2D eigenvalue weighted by molar-refractivity contribution is -0.459. The van der Waals surface area contributed by atoms with Crippen LogP contribution in [0, 0.1) is 35.5 Å². The summed E-state index contributed by atoms with van der Waals surface area (Å²) in [6.45, 7) is -0.369. The molecule has 28 heavy (non-hydrogen) atoms. The number of aliphatic hydroxyl groups is 2. The molecule has 2 fully saturated rings. The lowest BCUT2D eigenvalue weighted by Crippen LogP contribution is -2.59. The molecular weight excluding hydrogens is 390 g/mol. The van der Waals surface area contributed by atoms with Crippen molar-refractivity contribution >= 4 is 0 Å². The SMILES string of the molecule is OC(OCC1CC2C=CC1C2)(C(F)(F)F)C(F)(F)F.OCC1CC2C=CC1C2. The highest BCUT2D eigenvalue weighted by Crippen LogP contribution is 2.47. The van der Waals surface area contributed by atoms with Crippen LogP contribution in [0.1, 0.15) is 25.7 Å². The van der Waals surface area contributed by atoms with Crippen LogP contribution in [-0.2, 0) is 4.74 Å². The molecule has 9 heteroatoms. The van der Waals surface area contributed by atoms with E-state index in [4.69, 9.17) is 10.2 Å². The monoisotopic (exact) mass is 414 g/mol. The molecule has 4 rings (SSSR count). The van der Waals surface area contributed by atoms with E-state index >= 15 is 0 Å². The van der Waals surface area contributed by atoms with Gasteiger partial charge < -0.3 is 14.9 Å². The summed E-state index contributed by atoms with van der Waals surface area (Å²) in [6.07, 6.45) is 0.187. The van der Waals surface area contributed by atoms with Crippen LogP contribution in [-0.4, -0.2) is 41.6 Å². The second-order valence-corrected chi connectivity index (χ2v) is 8.21. The first kappa shape index (κ1) is 21.6. The Morgan fingerprint density at radius 3 is 1.50 bits per heavy atom. The fourth-order valence-electron chi connectivity index (χ4n) is 4.74. The van der Waals surface area contributed by atoms with Crippen LogP contribution in [0.25, 0.3) is 0 Å². The van der Waals surface area contributed by atoms with Gasteiger partial charge in [0.1, 0.15) is 0 Å². The Bertz CT molecular complexity index is 598. The van der Waals surface area contributed by atoms with E-state index in [-0.39, 0.29) is 11.8 Å². The maximum atomic E-state index is 12.4. The van der Waals surface area contributed by atoms with Crippen LogP contribution >= 0.6 is 0 Å². The number of ether oxygens (including phenoxy) is 1. The van der Waals surface area contributed by atoms with E-state index < -0.39 is 30.7 Å². The first-order chi connectivity index (χ1) is 12.9. The molecule has 2 saturated carbocycles. The third-order valence-electron chi connectivity index (χ3n) is 6.34. The topological polar surface area (TPSA) is 49.7 Å². The average molecular weight is 414 g/mol. The zero-order valence-electron chi connectivity index (χ0n) is 15.1. The number of allylic oxidation sites excluding steroid dienone is 4. The molecule has 0 heterocycles. The smallest absolute Gasteiger partial charge is 0.396 e. The molecule has 0 aromatic heterocycles. The highest BCUT2D eigenvalue weighted by molar-refractivity contribution is 5.10. The average Bonchev–Trinajstić information content (AvgIpc) is 3.38. The van der Waals surface area contributed by atoms with E-state index in [0.29, 0.717) is 18.9 Å². The number of alkyl halides is 6. The predicted molar refractivity (Wildman–Crippen MR) is 87.8 cm³/mol. The lowest BCUT2D eigenvalue weighted by Gasteiger charge is -2.33. The Morgan fingerprint density at radius 2 is 1.21 bits per heavy atom. The van der Waals surface area contributed by atoms with Crippen LogP contribution in [0.5, 0.6) is 0 Å². The molecular formula is C19H24F6O3. The van der Waals surface area contributed by atoms with Crippen molar-refractivity contribution in [2.24, 2.45) is 35.5 Å². The minimum Gasteiger partial charge on any atom is -0.396 e. The minimum atomic E-state index is -5.92. The third-order valence-corrected chi connectivity index (χ3v) is 6.34. The summed E-state index contributed by atoms with van der Waals surface area (Å²) in [5.74, 6) is -3.23. The molecule has 6 unspecified atom stereocenters. The van der Waals surface area contributed by atoms with Gasteiger partial charge in [-0.25, -0.2) is 0 Å². The van der Waals surface area contributed by atoms with Crippen LogP contribution in [0.2, 0.25) is 0 Å². The van der Waals surface area contributed by atoms with Crippen molar-refractivity contribution in [1.29, 1.82) is 0 Å². The highest BCUT2D eigenvalue weighted by Gasteiger charge is 2.72. The fourth-order valence-corrected chi connectivity index (χ4v) is 4.74. The van der Waals surface area contributed by atoms with Gasteiger partial charge in [-0.05, 0) is 61.2 Å². The minimum absolute atomic E-state index is 0.0595. The van der Waals surface area contributed by atoms with Crippen molar-refractivity contribution < 1.29 is 41.3 Å². The molecule has 4 aliphatic carbocycles. The van der Waals surface area contributed by atoms with Crippen LogP contribution in [0.4, 0.5) is 26.3 Å².